The van der Waals surface area contributed by atoms with E-state index < -0.39 is 5.60 Å². The Kier molecular flexibility index (Phi) is 3.13. The predicted octanol–water partition coefficient (Wildman–Crippen LogP) is 2.88. The molecule has 1 aromatic rings. The fraction of sp³-hybridized carbons (Fsp3) is 0.643. The van der Waals surface area contributed by atoms with E-state index in [1.54, 1.807) is 19.5 Å². The lowest BCUT2D eigenvalue weighted by molar-refractivity contribution is -0.0444. The minimum atomic E-state index is -0.747. The molecule has 1 aliphatic rings. The molecule has 1 aromatic heterocycles. The molecule has 3 heteroatoms. The number of hydrogen-bond acceptors (Lipinski definition) is 3. The summed E-state index contributed by atoms with van der Waals surface area (Å²) in [6.45, 7) is 4.43. The van der Waals surface area contributed by atoms with E-state index in [1.165, 1.54) is 6.42 Å². The highest BCUT2D eigenvalue weighted by Gasteiger charge is 2.39. The maximum atomic E-state index is 10.8. The molecule has 1 saturated carbocycles. The highest BCUT2D eigenvalue weighted by atomic mass is 16.5. The molecule has 1 aliphatic carbocycles. The zero-order valence-electron chi connectivity index (χ0n) is 10.9. The number of pyridine rings is 1. The third-order valence-electron chi connectivity index (χ3n) is 3.70. The van der Waals surface area contributed by atoms with Gasteiger partial charge in [0.15, 0.2) is 0 Å². The van der Waals surface area contributed by atoms with Gasteiger partial charge >= 0.3 is 0 Å². The maximum Gasteiger partial charge on any atom is 0.137 e. The Morgan fingerprint density at radius 2 is 2.06 bits per heavy atom. The second-order valence-corrected chi connectivity index (χ2v) is 5.84. The second kappa shape index (κ2) is 4.30. The third kappa shape index (κ3) is 2.60. The average molecular weight is 235 g/mol. The van der Waals surface area contributed by atoms with E-state index in [-0.39, 0.29) is 5.41 Å². The number of ether oxygens (including phenoxy) is 1. The molecule has 0 spiro atoms. The van der Waals surface area contributed by atoms with Crippen molar-refractivity contribution in [3.63, 3.8) is 0 Å². The molecule has 2 rings (SSSR count). The van der Waals surface area contributed by atoms with Crippen molar-refractivity contribution in [2.75, 3.05) is 7.11 Å². The summed E-state index contributed by atoms with van der Waals surface area (Å²) in [7, 11) is 1.62. The first-order chi connectivity index (χ1) is 7.95. The van der Waals surface area contributed by atoms with Gasteiger partial charge in [0.05, 0.1) is 18.9 Å². The summed E-state index contributed by atoms with van der Waals surface area (Å²) >= 11 is 0. The van der Waals surface area contributed by atoms with Gasteiger partial charge in [0.1, 0.15) is 5.75 Å². The number of aromatic nitrogens is 1. The van der Waals surface area contributed by atoms with E-state index in [0.717, 1.165) is 24.8 Å². The molecule has 94 valence electrons. The van der Waals surface area contributed by atoms with E-state index in [9.17, 15) is 5.11 Å². The molecule has 0 saturated heterocycles. The van der Waals surface area contributed by atoms with Gasteiger partial charge in [0.25, 0.3) is 0 Å². The molecular weight excluding hydrogens is 214 g/mol. The standard InChI is InChI=1S/C14H21NO2/c1-13(2)5-4-6-14(16,10-13)11-7-12(17-3)9-15-8-11/h7-9,16H,4-6,10H2,1-3H3. The van der Waals surface area contributed by atoms with Crippen LogP contribution in [0.25, 0.3) is 0 Å². The minimum absolute atomic E-state index is 0.191. The van der Waals surface area contributed by atoms with Crippen molar-refractivity contribution in [1.82, 2.24) is 4.98 Å². The van der Waals surface area contributed by atoms with Gasteiger partial charge in [-0.1, -0.05) is 13.8 Å². The largest absolute Gasteiger partial charge is 0.495 e. The zero-order chi connectivity index (χ0) is 12.5. The Bertz CT molecular complexity index is 403. The Hall–Kier alpha value is -1.09. The summed E-state index contributed by atoms with van der Waals surface area (Å²) < 4.78 is 5.17. The molecule has 0 radical (unpaired) electrons. The van der Waals surface area contributed by atoms with Crippen LogP contribution in [0.1, 0.15) is 45.1 Å². The van der Waals surface area contributed by atoms with Crippen molar-refractivity contribution in [3.8, 4) is 5.75 Å². The lowest BCUT2D eigenvalue weighted by Gasteiger charge is -2.41. The molecule has 0 aromatic carbocycles. The molecule has 0 bridgehead atoms. The van der Waals surface area contributed by atoms with Gasteiger partial charge in [0, 0.05) is 11.8 Å². The van der Waals surface area contributed by atoms with Crippen LogP contribution in [-0.4, -0.2) is 17.2 Å². The highest BCUT2D eigenvalue weighted by Crippen LogP contribution is 2.46. The lowest BCUT2D eigenvalue weighted by Crippen LogP contribution is -2.36. The Balaban J connectivity index is 2.30. The summed E-state index contributed by atoms with van der Waals surface area (Å²) in [6, 6.07) is 1.90. The van der Waals surface area contributed by atoms with E-state index in [1.807, 2.05) is 6.07 Å². The quantitative estimate of drug-likeness (QED) is 0.857. The molecule has 1 N–H and O–H groups in total. The van der Waals surface area contributed by atoms with Gasteiger partial charge in [0.2, 0.25) is 0 Å². The maximum absolute atomic E-state index is 10.8. The fourth-order valence-electron chi connectivity index (χ4n) is 2.86. The number of nitrogens with zero attached hydrogens (tertiary/aromatic N) is 1. The topological polar surface area (TPSA) is 42.4 Å². The van der Waals surface area contributed by atoms with Gasteiger partial charge in [-0.25, -0.2) is 0 Å². The van der Waals surface area contributed by atoms with E-state index >= 15 is 0 Å². The highest BCUT2D eigenvalue weighted by molar-refractivity contribution is 5.28. The van der Waals surface area contributed by atoms with E-state index in [4.69, 9.17) is 4.74 Å². The number of rotatable bonds is 2. The van der Waals surface area contributed by atoms with Crippen molar-refractivity contribution in [1.29, 1.82) is 0 Å². The Labute approximate surface area is 103 Å². The molecule has 1 atom stereocenters. The van der Waals surface area contributed by atoms with Crippen LogP contribution in [0.3, 0.4) is 0 Å². The summed E-state index contributed by atoms with van der Waals surface area (Å²) in [5.74, 6) is 0.708. The molecule has 0 aliphatic heterocycles. The summed E-state index contributed by atoms with van der Waals surface area (Å²) in [4.78, 5) is 4.14. The number of methoxy groups -OCH3 is 1. The van der Waals surface area contributed by atoms with Crippen LogP contribution < -0.4 is 4.74 Å². The lowest BCUT2D eigenvalue weighted by atomic mass is 9.68. The normalized spacial score (nSPS) is 27.8. The van der Waals surface area contributed by atoms with Crippen LogP contribution >= 0.6 is 0 Å². The van der Waals surface area contributed by atoms with Gasteiger partial charge in [-0.3, -0.25) is 4.98 Å². The zero-order valence-corrected chi connectivity index (χ0v) is 10.9. The first-order valence-electron chi connectivity index (χ1n) is 6.17. The SMILES string of the molecule is COc1cncc(C2(O)CCCC(C)(C)C2)c1. The van der Waals surface area contributed by atoms with Crippen LogP contribution in [0.15, 0.2) is 18.5 Å². The predicted molar refractivity (Wildman–Crippen MR) is 66.9 cm³/mol. The molecule has 0 amide bonds. The number of hydrogen-bond donors (Lipinski definition) is 1. The van der Waals surface area contributed by atoms with Crippen LogP contribution in [0, 0.1) is 5.41 Å². The monoisotopic (exact) mass is 235 g/mol. The molecule has 17 heavy (non-hydrogen) atoms. The third-order valence-corrected chi connectivity index (χ3v) is 3.70. The fourth-order valence-corrected chi connectivity index (χ4v) is 2.86. The minimum Gasteiger partial charge on any atom is -0.495 e. The van der Waals surface area contributed by atoms with Gasteiger partial charge in [-0.05, 0) is 37.2 Å². The molecule has 3 nitrogen and oxygen atoms in total. The molecule has 1 unspecified atom stereocenters. The summed E-state index contributed by atoms with van der Waals surface area (Å²) in [5, 5.41) is 10.8. The van der Waals surface area contributed by atoms with Crippen molar-refractivity contribution >= 4 is 0 Å². The van der Waals surface area contributed by atoms with Gasteiger partial charge in [-0.15, -0.1) is 0 Å². The van der Waals surface area contributed by atoms with Crippen LogP contribution in [0.2, 0.25) is 0 Å². The van der Waals surface area contributed by atoms with Crippen molar-refractivity contribution in [3.05, 3.63) is 24.0 Å². The van der Waals surface area contributed by atoms with E-state index in [2.05, 4.69) is 18.8 Å². The average Bonchev–Trinajstić information content (AvgIpc) is 2.27. The second-order valence-electron chi connectivity index (χ2n) is 5.84. The first kappa shape index (κ1) is 12.4. The van der Waals surface area contributed by atoms with Crippen LogP contribution in [0.4, 0.5) is 0 Å². The Morgan fingerprint density at radius 1 is 1.29 bits per heavy atom. The Morgan fingerprint density at radius 3 is 2.71 bits per heavy atom. The van der Waals surface area contributed by atoms with Crippen molar-refractivity contribution in [2.24, 2.45) is 5.41 Å². The number of aliphatic hydroxyl groups is 1. The van der Waals surface area contributed by atoms with Crippen molar-refractivity contribution < 1.29 is 9.84 Å². The van der Waals surface area contributed by atoms with E-state index in [0.29, 0.717) is 5.75 Å². The molecule has 1 heterocycles. The molecule has 1 fully saturated rings. The van der Waals surface area contributed by atoms with Crippen molar-refractivity contribution in [2.45, 2.75) is 45.1 Å². The van der Waals surface area contributed by atoms with Crippen LogP contribution in [0.5, 0.6) is 5.75 Å². The molecular formula is C14H21NO2. The summed E-state index contributed by atoms with van der Waals surface area (Å²) in [5.41, 5.74) is 0.323. The van der Waals surface area contributed by atoms with Gasteiger partial charge < -0.3 is 9.84 Å². The first-order valence-corrected chi connectivity index (χ1v) is 6.17. The van der Waals surface area contributed by atoms with Crippen LogP contribution in [-0.2, 0) is 5.60 Å². The van der Waals surface area contributed by atoms with Gasteiger partial charge in [-0.2, -0.15) is 0 Å². The summed E-state index contributed by atoms with van der Waals surface area (Å²) in [6.07, 6.45) is 7.25. The smallest absolute Gasteiger partial charge is 0.137 e.